The molecular weight excluding hydrogens is 284 g/mol. The molecule has 0 atom stereocenters. The SMILES string of the molecule is CN(C)CCCCNS(=O)(=O)c1cccc2ccccc12. The van der Waals surface area contributed by atoms with E-state index in [1.165, 1.54) is 0 Å². The molecule has 2 rings (SSSR count). The minimum absolute atomic E-state index is 0.355. The maximum atomic E-state index is 12.4. The molecule has 0 unspecified atom stereocenters. The Balaban J connectivity index is 2.08. The van der Waals surface area contributed by atoms with Gasteiger partial charge in [0.05, 0.1) is 4.90 Å². The van der Waals surface area contributed by atoms with Gasteiger partial charge in [-0.25, -0.2) is 13.1 Å². The highest BCUT2D eigenvalue weighted by Crippen LogP contribution is 2.22. The molecule has 0 fully saturated rings. The molecule has 0 bridgehead atoms. The maximum Gasteiger partial charge on any atom is 0.241 e. The highest BCUT2D eigenvalue weighted by molar-refractivity contribution is 7.89. The van der Waals surface area contributed by atoms with Crippen LogP contribution in [0.15, 0.2) is 47.4 Å². The molecule has 0 aromatic heterocycles. The van der Waals surface area contributed by atoms with E-state index in [-0.39, 0.29) is 0 Å². The van der Waals surface area contributed by atoms with Crippen molar-refractivity contribution < 1.29 is 8.42 Å². The lowest BCUT2D eigenvalue weighted by atomic mass is 10.1. The third kappa shape index (κ3) is 4.27. The van der Waals surface area contributed by atoms with E-state index in [0.717, 1.165) is 30.2 Å². The Kier molecular flexibility index (Phi) is 5.33. The molecule has 0 saturated carbocycles. The standard InChI is InChI=1S/C16H22N2O2S/c1-18(2)13-6-5-12-17-21(19,20)16-11-7-9-14-8-3-4-10-15(14)16/h3-4,7-11,17H,5-6,12-13H2,1-2H3. The fourth-order valence-corrected chi connectivity index (χ4v) is 3.57. The second-order valence-electron chi connectivity index (χ2n) is 5.39. The summed E-state index contributed by atoms with van der Waals surface area (Å²) in [6, 6.07) is 12.9. The molecule has 0 radical (unpaired) electrons. The normalized spacial score (nSPS) is 12.1. The van der Waals surface area contributed by atoms with E-state index in [0.29, 0.717) is 11.4 Å². The Labute approximate surface area is 126 Å². The van der Waals surface area contributed by atoms with Gasteiger partial charge in [-0.2, -0.15) is 0 Å². The zero-order valence-corrected chi connectivity index (χ0v) is 13.4. The van der Waals surface area contributed by atoms with Crippen LogP contribution in [-0.2, 0) is 10.0 Å². The van der Waals surface area contributed by atoms with Crippen LogP contribution >= 0.6 is 0 Å². The number of fused-ring (bicyclic) bond motifs is 1. The highest BCUT2D eigenvalue weighted by atomic mass is 32.2. The van der Waals surface area contributed by atoms with Crippen LogP contribution in [0.25, 0.3) is 10.8 Å². The summed E-state index contributed by atoms with van der Waals surface area (Å²) < 4.78 is 27.5. The quantitative estimate of drug-likeness (QED) is 0.799. The van der Waals surface area contributed by atoms with Gasteiger partial charge < -0.3 is 4.90 Å². The van der Waals surface area contributed by atoms with E-state index in [2.05, 4.69) is 9.62 Å². The number of nitrogens with one attached hydrogen (secondary N) is 1. The molecule has 4 nitrogen and oxygen atoms in total. The number of sulfonamides is 1. The average Bonchev–Trinajstić information content (AvgIpc) is 2.46. The van der Waals surface area contributed by atoms with Crippen molar-refractivity contribution in [1.82, 2.24) is 9.62 Å². The molecule has 114 valence electrons. The molecule has 0 amide bonds. The molecule has 5 heteroatoms. The molecular formula is C16H22N2O2S. The summed E-state index contributed by atoms with van der Waals surface area (Å²) in [4.78, 5) is 2.45. The van der Waals surface area contributed by atoms with E-state index in [1.807, 2.05) is 44.4 Å². The topological polar surface area (TPSA) is 49.4 Å². The molecule has 0 spiro atoms. The number of hydrogen-bond acceptors (Lipinski definition) is 3. The van der Waals surface area contributed by atoms with Crippen molar-refractivity contribution in [2.75, 3.05) is 27.2 Å². The van der Waals surface area contributed by atoms with E-state index < -0.39 is 10.0 Å². The summed E-state index contributed by atoms with van der Waals surface area (Å²) in [6.45, 7) is 1.44. The van der Waals surface area contributed by atoms with Crippen LogP contribution in [0.3, 0.4) is 0 Å². The van der Waals surface area contributed by atoms with Gasteiger partial charge in [0.1, 0.15) is 0 Å². The van der Waals surface area contributed by atoms with Gasteiger partial charge in [0.2, 0.25) is 10.0 Å². The predicted molar refractivity (Wildman–Crippen MR) is 86.9 cm³/mol. The van der Waals surface area contributed by atoms with Crippen LogP contribution in [0.2, 0.25) is 0 Å². The zero-order valence-electron chi connectivity index (χ0n) is 12.5. The van der Waals surface area contributed by atoms with Crippen LogP contribution in [0, 0.1) is 0 Å². The predicted octanol–water partition coefficient (Wildman–Crippen LogP) is 2.46. The van der Waals surface area contributed by atoms with Gasteiger partial charge in [0.15, 0.2) is 0 Å². The monoisotopic (exact) mass is 306 g/mol. The van der Waals surface area contributed by atoms with Crippen molar-refractivity contribution in [3.05, 3.63) is 42.5 Å². The second kappa shape index (κ2) is 7.02. The fourth-order valence-electron chi connectivity index (χ4n) is 2.27. The van der Waals surface area contributed by atoms with E-state index >= 15 is 0 Å². The minimum Gasteiger partial charge on any atom is -0.309 e. The first-order valence-corrected chi connectivity index (χ1v) is 8.61. The molecule has 2 aromatic carbocycles. The van der Waals surface area contributed by atoms with E-state index in [4.69, 9.17) is 0 Å². The second-order valence-corrected chi connectivity index (χ2v) is 7.12. The first-order valence-electron chi connectivity index (χ1n) is 7.13. The van der Waals surface area contributed by atoms with Crippen molar-refractivity contribution >= 4 is 20.8 Å². The van der Waals surface area contributed by atoms with Crippen LogP contribution < -0.4 is 4.72 Å². The van der Waals surface area contributed by atoms with Gasteiger partial charge in [-0.05, 0) is 44.9 Å². The first-order chi connectivity index (χ1) is 10.0. The third-order valence-corrected chi connectivity index (χ3v) is 4.88. The van der Waals surface area contributed by atoms with Crippen LogP contribution in [0.5, 0.6) is 0 Å². The molecule has 0 heterocycles. The molecule has 1 N–H and O–H groups in total. The van der Waals surface area contributed by atoms with E-state index in [9.17, 15) is 8.42 Å². The number of hydrogen-bond donors (Lipinski definition) is 1. The van der Waals surface area contributed by atoms with Crippen molar-refractivity contribution in [2.45, 2.75) is 17.7 Å². The molecule has 2 aromatic rings. The minimum atomic E-state index is -3.45. The molecule has 21 heavy (non-hydrogen) atoms. The van der Waals surface area contributed by atoms with Crippen LogP contribution in [-0.4, -0.2) is 40.5 Å². The largest absolute Gasteiger partial charge is 0.309 e. The van der Waals surface area contributed by atoms with Crippen molar-refractivity contribution in [2.24, 2.45) is 0 Å². The first kappa shape index (κ1) is 15.9. The summed E-state index contributed by atoms with van der Waals surface area (Å²) in [6.07, 6.45) is 1.81. The number of nitrogens with zero attached hydrogens (tertiary/aromatic N) is 1. The summed E-state index contributed by atoms with van der Waals surface area (Å²) in [7, 11) is 0.577. The van der Waals surface area contributed by atoms with Gasteiger partial charge in [-0.3, -0.25) is 0 Å². The third-order valence-electron chi connectivity index (χ3n) is 3.36. The zero-order chi connectivity index (χ0) is 15.3. The van der Waals surface area contributed by atoms with Gasteiger partial charge in [0, 0.05) is 11.9 Å². The van der Waals surface area contributed by atoms with Gasteiger partial charge in [-0.1, -0.05) is 36.4 Å². The lowest BCUT2D eigenvalue weighted by Gasteiger charge is -2.11. The number of rotatable bonds is 7. The molecule has 0 saturated heterocycles. The van der Waals surface area contributed by atoms with Gasteiger partial charge in [-0.15, -0.1) is 0 Å². The Hall–Kier alpha value is -1.43. The molecule has 0 aliphatic heterocycles. The maximum absolute atomic E-state index is 12.4. The average molecular weight is 306 g/mol. The summed E-state index contributed by atoms with van der Waals surface area (Å²) in [5.74, 6) is 0. The Morgan fingerprint density at radius 2 is 1.71 bits per heavy atom. The van der Waals surface area contributed by atoms with Crippen molar-refractivity contribution in [1.29, 1.82) is 0 Å². The Morgan fingerprint density at radius 1 is 1.00 bits per heavy atom. The van der Waals surface area contributed by atoms with Gasteiger partial charge >= 0.3 is 0 Å². The lowest BCUT2D eigenvalue weighted by Crippen LogP contribution is -2.25. The summed E-state index contributed by atoms with van der Waals surface area (Å²) >= 11 is 0. The summed E-state index contributed by atoms with van der Waals surface area (Å²) in [5.41, 5.74) is 0. The number of benzene rings is 2. The highest BCUT2D eigenvalue weighted by Gasteiger charge is 2.16. The molecule has 0 aliphatic carbocycles. The van der Waals surface area contributed by atoms with Crippen molar-refractivity contribution in [3.63, 3.8) is 0 Å². The van der Waals surface area contributed by atoms with Crippen molar-refractivity contribution in [3.8, 4) is 0 Å². The van der Waals surface area contributed by atoms with Crippen LogP contribution in [0.1, 0.15) is 12.8 Å². The Bertz CT molecular complexity index is 691. The lowest BCUT2D eigenvalue weighted by molar-refractivity contribution is 0.394. The smallest absolute Gasteiger partial charge is 0.241 e. The Morgan fingerprint density at radius 3 is 2.48 bits per heavy atom. The molecule has 0 aliphatic rings. The van der Waals surface area contributed by atoms with Gasteiger partial charge in [0.25, 0.3) is 0 Å². The van der Waals surface area contributed by atoms with E-state index in [1.54, 1.807) is 12.1 Å². The van der Waals surface area contributed by atoms with Crippen LogP contribution in [0.4, 0.5) is 0 Å². The fraction of sp³-hybridized carbons (Fsp3) is 0.375. The summed E-state index contributed by atoms with van der Waals surface area (Å²) in [5, 5.41) is 1.70. The number of unbranched alkanes of at least 4 members (excludes halogenated alkanes) is 1.